The number of halogens is 1. The average molecular weight is 259 g/mol. The van der Waals surface area contributed by atoms with Gasteiger partial charge in [0.25, 0.3) is 5.91 Å². The van der Waals surface area contributed by atoms with Crippen molar-refractivity contribution in [3.63, 3.8) is 0 Å². The van der Waals surface area contributed by atoms with E-state index in [4.69, 9.17) is 0 Å². The van der Waals surface area contributed by atoms with Crippen molar-refractivity contribution < 1.29 is 9.18 Å². The van der Waals surface area contributed by atoms with Crippen molar-refractivity contribution in [1.29, 1.82) is 0 Å². The number of aromatic nitrogens is 2. The molecule has 0 saturated heterocycles. The zero-order chi connectivity index (χ0) is 13.5. The summed E-state index contributed by atoms with van der Waals surface area (Å²) in [4.78, 5) is 19.3. The summed E-state index contributed by atoms with van der Waals surface area (Å²) < 4.78 is 12.9. The molecule has 0 unspecified atom stereocenters. The highest BCUT2D eigenvalue weighted by molar-refractivity contribution is 5.93. The predicted octanol–water partition coefficient (Wildman–Crippen LogP) is 1.98. The van der Waals surface area contributed by atoms with Gasteiger partial charge in [-0.05, 0) is 36.6 Å². The van der Waals surface area contributed by atoms with Crippen LogP contribution < -0.4 is 5.32 Å². The highest BCUT2D eigenvalue weighted by Gasteiger charge is 2.06. The molecule has 0 bridgehead atoms. The molecule has 4 nitrogen and oxygen atoms in total. The van der Waals surface area contributed by atoms with E-state index in [0.29, 0.717) is 6.54 Å². The van der Waals surface area contributed by atoms with Crippen LogP contribution >= 0.6 is 0 Å². The van der Waals surface area contributed by atoms with Gasteiger partial charge in [-0.25, -0.2) is 4.39 Å². The molecule has 0 spiro atoms. The number of carbonyl (C=O) groups is 1. The second-order valence-corrected chi connectivity index (χ2v) is 4.11. The van der Waals surface area contributed by atoms with Gasteiger partial charge in [0, 0.05) is 25.1 Å². The third-order valence-electron chi connectivity index (χ3n) is 2.64. The fourth-order valence-electron chi connectivity index (χ4n) is 1.68. The van der Waals surface area contributed by atoms with Crippen LogP contribution in [0.4, 0.5) is 4.39 Å². The van der Waals surface area contributed by atoms with E-state index in [-0.39, 0.29) is 11.5 Å². The van der Waals surface area contributed by atoms with Crippen LogP contribution in [-0.2, 0) is 6.42 Å². The van der Waals surface area contributed by atoms with Gasteiger partial charge in [-0.1, -0.05) is 0 Å². The lowest BCUT2D eigenvalue weighted by Crippen LogP contribution is -2.25. The number of hydrogen-bond acceptors (Lipinski definition) is 3. The number of pyridine rings is 2. The zero-order valence-electron chi connectivity index (χ0n) is 10.3. The van der Waals surface area contributed by atoms with Gasteiger partial charge in [0.2, 0.25) is 0 Å². The molecule has 2 aromatic rings. The highest BCUT2D eigenvalue weighted by Crippen LogP contribution is 2.02. The molecule has 2 heterocycles. The van der Waals surface area contributed by atoms with Crippen LogP contribution in [0.5, 0.6) is 0 Å². The smallest absolute Gasteiger partial charge is 0.252 e. The fourth-order valence-corrected chi connectivity index (χ4v) is 1.68. The fraction of sp³-hybridized carbons (Fsp3) is 0.214. The molecule has 2 aromatic heterocycles. The molecule has 19 heavy (non-hydrogen) atoms. The van der Waals surface area contributed by atoms with Crippen molar-refractivity contribution in [3.05, 3.63) is 59.9 Å². The number of nitrogens with zero attached hydrogens (tertiary/aromatic N) is 2. The van der Waals surface area contributed by atoms with E-state index in [9.17, 15) is 9.18 Å². The van der Waals surface area contributed by atoms with Gasteiger partial charge in [-0.3, -0.25) is 14.8 Å². The Kier molecular flexibility index (Phi) is 4.55. The monoisotopic (exact) mass is 259 g/mol. The summed E-state index contributed by atoms with van der Waals surface area (Å²) in [5.74, 6) is -0.814. The molecule has 0 saturated carbocycles. The van der Waals surface area contributed by atoms with Crippen molar-refractivity contribution in [2.75, 3.05) is 6.54 Å². The number of amides is 1. The first-order valence-electron chi connectivity index (χ1n) is 6.03. The van der Waals surface area contributed by atoms with Gasteiger partial charge in [0.1, 0.15) is 5.82 Å². The van der Waals surface area contributed by atoms with Crippen molar-refractivity contribution in [1.82, 2.24) is 15.3 Å². The van der Waals surface area contributed by atoms with Crippen molar-refractivity contribution >= 4 is 5.91 Å². The summed E-state index contributed by atoms with van der Waals surface area (Å²) in [6.45, 7) is 0.539. The van der Waals surface area contributed by atoms with Crippen LogP contribution in [0.2, 0.25) is 0 Å². The van der Waals surface area contributed by atoms with Gasteiger partial charge in [0.05, 0.1) is 11.8 Å². The summed E-state index contributed by atoms with van der Waals surface area (Å²) in [6, 6.07) is 5.06. The van der Waals surface area contributed by atoms with Crippen LogP contribution in [0.3, 0.4) is 0 Å². The third kappa shape index (κ3) is 4.13. The predicted molar refractivity (Wildman–Crippen MR) is 69.1 cm³/mol. The lowest BCUT2D eigenvalue weighted by Gasteiger charge is -2.05. The van der Waals surface area contributed by atoms with Crippen LogP contribution in [-0.4, -0.2) is 22.4 Å². The maximum Gasteiger partial charge on any atom is 0.252 e. The molecular formula is C14H14FN3O. The molecule has 5 heteroatoms. The van der Waals surface area contributed by atoms with E-state index in [1.165, 1.54) is 17.8 Å². The molecule has 2 rings (SSSR count). The molecular weight excluding hydrogens is 245 g/mol. The Labute approximate surface area is 110 Å². The lowest BCUT2D eigenvalue weighted by atomic mass is 10.1. The van der Waals surface area contributed by atoms with Crippen molar-refractivity contribution in [2.24, 2.45) is 0 Å². The van der Waals surface area contributed by atoms with E-state index < -0.39 is 5.82 Å². The highest BCUT2D eigenvalue weighted by atomic mass is 19.1. The summed E-state index contributed by atoms with van der Waals surface area (Å²) >= 11 is 0. The lowest BCUT2D eigenvalue weighted by molar-refractivity contribution is 0.0952. The second kappa shape index (κ2) is 6.58. The van der Waals surface area contributed by atoms with Gasteiger partial charge in [0.15, 0.2) is 0 Å². The first kappa shape index (κ1) is 13.1. The maximum atomic E-state index is 12.9. The summed E-state index contributed by atoms with van der Waals surface area (Å²) in [6.07, 6.45) is 7.59. The normalized spacial score (nSPS) is 10.2. The molecule has 98 valence electrons. The molecule has 0 aliphatic heterocycles. The Morgan fingerprint density at radius 1 is 1.21 bits per heavy atom. The molecule has 0 radical (unpaired) electrons. The molecule has 0 fully saturated rings. The SMILES string of the molecule is O=C(NCCCc1ccncc1)c1cncc(F)c1. The minimum Gasteiger partial charge on any atom is -0.352 e. The molecule has 0 aliphatic carbocycles. The van der Waals surface area contributed by atoms with Crippen molar-refractivity contribution in [2.45, 2.75) is 12.8 Å². The standard InChI is InChI=1S/C14H14FN3O/c15-13-8-12(9-17-10-13)14(19)18-5-1-2-11-3-6-16-7-4-11/h3-4,6-10H,1-2,5H2,(H,18,19). The Balaban J connectivity index is 1.75. The van der Waals surface area contributed by atoms with Crippen LogP contribution in [0.25, 0.3) is 0 Å². The number of hydrogen-bond donors (Lipinski definition) is 1. The molecule has 0 aliphatic rings. The minimum atomic E-state index is -0.510. The average Bonchev–Trinajstić information content (AvgIpc) is 2.44. The summed E-state index contributed by atoms with van der Waals surface area (Å²) in [5, 5.41) is 2.74. The number of rotatable bonds is 5. The molecule has 1 N–H and O–H groups in total. The topological polar surface area (TPSA) is 54.9 Å². The second-order valence-electron chi connectivity index (χ2n) is 4.11. The van der Waals surface area contributed by atoms with Gasteiger partial charge in [-0.15, -0.1) is 0 Å². The first-order valence-corrected chi connectivity index (χ1v) is 6.03. The molecule has 0 atom stereocenters. The maximum absolute atomic E-state index is 12.9. The quantitative estimate of drug-likeness (QED) is 0.835. The van der Waals surface area contributed by atoms with Gasteiger partial charge >= 0.3 is 0 Å². The summed E-state index contributed by atoms with van der Waals surface area (Å²) in [7, 11) is 0. The van der Waals surface area contributed by atoms with E-state index in [1.54, 1.807) is 12.4 Å². The van der Waals surface area contributed by atoms with Gasteiger partial charge < -0.3 is 5.32 Å². The first-order chi connectivity index (χ1) is 9.25. The van der Waals surface area contributed by atoms with Crippen molar-refractivity contribution in [3.8, 4) is 0 Å². The number of aryl methyl sites for hydroxylation is 1. The number of carbonyl (C=O) groups excluding carboxylic acids is 1. The molecule has 1 amide bonds. The molecule has 0 aromatic carbocycles. The van der Waals surface area contributed by atoms with Crippen LogP contribution in [0.15, 0.2) is 43.0 Å². The zero-order valence-corrected chi connectivity index (χ0v) is 10.3. The Bertz CT molecular complexity index is 545. The van der Waals surface area contributed by atoms with Crippen LogP contribution in [0.1, 0.15) is 22.3 Å². The Morgan fingerprint density at radius 3 is 2.74 bits per heavy atom. The van der Waals surface area contributed by atoms with E-state index in [2.05, 4.69) is 15.3 Å². The Hall–Kier alpha value is -2.30. The Morgan fingerprint density at radius 2 is 2.00 bits per heavy atom. The van der Waals surface area contributed by atoms with Gasteiger partial charge in [-0.2, -0.15) is 0 Å². The van der Waals surface area contributed by atoms with E-state index in [0.717, 1.165) is 19.0 Å². The minimum absolute atomic E-state index is 0.240. The third-order valence-corrected chi connectivity index (χ3v) is 2.64. The largest absolute Gasteiger partial charge is 0.352 e. The summed E-state index contributed by atoms with van der Waals surface area (Å²) in [5.41, 5.74) is 1.42. The number of nitrogens with one attached hydrogen (secondary N) is 1. The van der Waals surface area contributed by atoms with E-state index >= 15 is 0 Å². The van der Waals surface area contributed by atoms with E-state index in [1.807, 2.05) is 12.1 Å². The van der Waals surface area contributed by atoms with Crippen LogP contribution in [0, 0.1) is 5.82 Å².